The van der Waals surface area contributed by atoms with Crippen molar-refractivity contribution in [3.05, 3.63) is 64.2 Å². The molecular weight excluding hydrogens is 390 g/mol. The lowest BCUT2D eigenvalue weighted by molar-refractivity contribution is 0.102. The lowest BCUT2D eigenvalue weighted by atomic mass is 10.1. The Morgan fingerprint density at radius 2 is 2.07 bits per heavy atom. The Bertz CT molecular complexity index is 936. The monoisotopic (exact) mass is 408 g/mol. The Balaban J connectivity index is 1.92. The summed E-state index contributed by atoms with van der Waals surface area (Å²) < 4.78 is 32.2. The van der Waals surface area contributed by atoms with Crippen molar-refractivity contribution in [3.8, 4) is 5.75 Å². The van der Waals surface area contributed by atoms with Crippen LogP contribution in [0.5, 0.6) is 5.75 Å². The van der Waals surface area contributed by atoms with Crippen LogP contribution in [-0.4, -0.2) is 37.7 Å². The third kappa shape index (κ3) is 4.24. The van der Waals surface area contributed by atoms with Crippen molar-refractivity contribution in [2.45, 2.75) is 0 Å². The largest absolute Gasteiger partial charge is 0.492 e. The van der Waals surface area contributed by atoms with E-state index in [0.717, 1.165) is 12.1 Å². The molecule has 0 spiro atoms. The van der Waals surface area contributed by atoms with Crippen LogP contribution in [0.25, 0.3) is 5.70 Å². The molecule has 2 aromatic rings. The number of hydrogen-bond donors (Lipinski definition) is 3. The standard InChI is InChI=1S/C19H19ClF2N4O2/c1-26-18(14(20)10-24-26)13-9-12(3-5-17(13)28-7-6-23)25-19(27)11-2-4-15(21)16(22)8-11/h2-5,8-9,24H,6-7,10,23H2,1H3,(H,25,27). The minimum atomic E-state index is -1.09. The number of amides is 1. The van der Waals surface area contributed by atoms with Gasteiger partial charge in [-0.25, -0.2) is 14.2 Å². The molecule has 0 saturated heterocycles. The number of hydrogen-bond acceptors (Lipinski definition) is 5. The van der Waals surface area contributed by atoms with Crippen molar-refractivity contribution in [3.63, 3.8) is 0 Å². The molecule has 0 atom stereocenters. The molecule has 1 aliphatic rings. The van der Waals surface area contributed by atoms with Crippen LogP contribution in [0.15, 0.2) is 41.4 Å². The van der Waals surface area contributed by atoms with Gasteiger partial charge in [-0.05, 0) is 36.4 Å². The van der Waals surface area contributed by atoms with Crippen LogP contribution in [-0.2, 0) is 0 Å². The fraction of sp³-hybridized carbons (Fsp3) is 0.211. The summed E-state index contributed by atoms with van der Waals surface area (Å²) in [5, 5.41) is 5.01. The van der Waals surface area contributed by atoms with Gasteiger partial charge in [0, 0.05) is 30.4 Å². The van der Waals surface area contributed by atoms with Crippen molar-refractivity contribution in [2.24, 2.45) is 5.73 Å². The topological polar surface area (TPSA) is 79.6 Å². The number of halogens is 3. The summed E-state index contributed by atoms with van der Waals surface area (Å²) in [6, 6.07) is 7.99. The molecule has 6 nitrogen and oxygen atoms in total. The fourth-order valence-corrected chi connectivity index (χ4v) is 3.08. The van der Waals surface area contributed by atoms with E-state index in [2.05, 4.69) is 10.7 Å². The summed E-state index contributed by atoms with van der Waals surface area (Å²) in [7, 11) is 1.81. The zero-order valence-electron chi connectivity index (χ0n) is 15.1. The van der Waals surface area contributed by atoms with Gasteiger partial charge in [-0.15, -0.1) is 0 Å². The molecular formula is C19H19ClF2N4O2. The summed E-state index contributed by atoms with van der Waals surface area (Å²) in [4.78, 5) is 12.4. The van der Waals surface area contributed by atoms with Crippen LogP contribution in [0.2, 0.25) is 0 Å². The lowest BCUT2D eigenvalue weighted by Gasteiger charge is -2.20. The van der Waals surface area contributed by atoms with Crippen LogP contribution < -0.4 is 21.2 Å². The quantitative estimate of drug-likeness (QED) is 0.685. The van der Waals surface area contributed by atoms with Crippen LogP contribution in [0, 0.1) is 11.6 Å². The molecule has 28 heavy (non-hydrogen) atoms. The highest BCUT2D eigenvalue weighted by Gasteiger charge is 2.23. The van der Waals surface area contributed by atoms with E-state index >= 15 is 0 Å². The van der Waals surface area contributed by atoms with Crippen molar-refractivity contribution in [2.75, 3.05) is 32.1 Å². The zero-order chi connectivity index (χ0) is 20.3. The molecule has 0 radical (unpaired) electrons. The van der Waals surface area contributed by atoms with Gasteiger partial charge in [0.1, 0.15) is 12.4 Å². The molecule has 1 amide bonds. The first-order valence-corrected chi connectivity index (χ1v) is 8.88. The summed E-state index contributed by atoms with van der Waals surface area (Å²) in [5.74, 6) is -2.12. The van der Waals surface area contributed by atoms with Crippen molar-refractivity contribution < 1.29 is 18.3 Å². The molecule has 0 saturated carbocycles. The van der Waals surface area contributed by atoms with Gasteiger partial charge in [-0.3, -0.25) is 4.79 Å². The Hall–Kier alpha value is -2.68. The van der Waals surface area contributed by atoms with Gasteiger partial charge in [-0.2, -0.15) is 0 Å². The number of nitrogens with one attached hydrogen (secondary N) is 2. The van der Waals surface area contributed by atoms with Crippen molar-refractivity contribution in [1.82, 2.24) is 10.4 Å². The van der Waals surface area contributed by atoms with Crippen molar-refractivity contribution >= 4 is 28.9 Å². The second-order valence-corrected chi connectivity index (χ2v) is 6.53. The molecule has 1 aliphatic heterocycles. The Morgan fingerprint density at radius 3 is 2.71 bits per heavy atom. The molecule has 0 fully saturated rings. The third-order valence-corrected chi connectivity index (χ3v) is 4.43. The average Bonchev–Trinajstić information content (AvgIpc) is 3.01. The predicted octanol–water partition coefficient (Wildman–Crippen LogP) is 2.91. The molecule has 2 aromatic carbocycles. The molecule has 4 N–H and O–H groups in total. The first-order chi connectivity index (χ1) is 13.4. The predicted molar refractivity (Wildman–Crippen MR) is 104 cm³/mol. The minimum Gasteiger partial charge on any atom is -0.492 e. The zero-order valence-corrected chi connectivity index (χ0v) is 15.8. The molecule has 0 aromatic heterocycles. The van der Waals surface area contributed by atoms with E-state index in [1.807, 2.05) is 7.05 Å². The number of nitrogens with two attached hydrogens (primary N) is 1. The van der Waals surface area contributed by atoms with Crippen LogP contribution in [0.3, 0.4) is 0 Å². The maximum absolute atomic E-state index is 13.4. The van der Waals surface area contributed by atoms with Gasteiger partial charge >= 0.3 is 0 Å². The minimum absolute atomic E-state index is 0.000748. The van der Waals surface area contributed by atoms with E-state index in [1.165, 1.54) is 6.07 Å². The second-order valence-electron chi connectivity index (χ2n) is 6.08. The Morgan fingerprint density at radius 1 is 1.29 bits per heavy atom. The number of hydrazine groups is 1. The van der Waals surface area contributed by atoms with Gasteiger partial charge in [0.15, 0.2) is 11.6 Å². The smallest absolute Gasteiger partial charge is 0.255 e. The van der Waals surface area contributed by atoms with Crippen LogP contribution in [0.4, 0.5) is 14.5 Å². The van der Waals surface area contributed by atoms with Gasteiger partial charge in [-0.1, -0.05) is 11.6 Å². The number of carbonyl (C=O) groups is 1. The van der Waals surface area contributed by atoms with Gasteiger partial charge < -0.3 is 20.8 Å². The molecule has 0 bridgehead atoms. The number of rotatable bonds is 6. The van der Waals surface area contributed by atoms with E-state index in [9.17, 15) is 13.6 Å². The van der Waals surface area contributed by atoms with Crippen LogP contribution in [0.1, 0.15) is 15.9 Å². The molecule has 1 heterocycles. The molecule has 148 valence electrons. The summed E-state index contributed by atoms with van der Waals surface area (Å²) in [6.07, 6.45) is 0. The van der Waals surface area contributed by atoms with Gasteiger partial charge in [0.05, 0.1) is 17.3 Å². The SMILES string of the molecule is CN1NCC(Cl)=C1c1cc(NC(=O)c2ccc(F)c(F)c2)ccc1OCCN. The highest BCUT2D eigenvalue weighted by molar-refractivity contribution is 6.33. The maximum atomic E-state index is 13.4. The molecule has 0 unspecified atom stereocenters. The summed E-state index contributed by atoms with van der Waals surface area (Å²) in [5.41, 5.74) is 10.4. The Kier molecular flexibility index (Phi) is 6.13. The van der Waals surface area contributed by atoms with E-state index in [-0.39, 0.29) is 5.56 Å². The van der Waals surface area contributed by atoms with E-state index in [1.54, 1.807) is 23.2 Å². The third-order valence-electron chi connectivity index (χ3n) is 4.11. The number of carbonyl (C=O) groups excluding carboxylic acids is 1. The molecule has 9 heteroatoms. The van der Waals surface area contributed by atoms with Gasteiger partial charge in [0.25, 0.3) is 5.91 Å². The fourth-order valence-electron chi connectivity index (χ4n) is 2.79. The molecule has 3 rings (SSSR count). The van der Waals surface area contributed by atoms with Crippen LogP contribution >= 0.6 is 11.6 Å². The van der Waals surface area contributed by atoms with Crippen molar-refractivity contribution in [1.29, 1.82) is 0 Å². The highest BCUT2D eigenvalue weighted by atomic mass is 35.5. The Labute approximate surface area is 165 Å². The number of benzene rings is 2. The normalized spacial score (nSPS) is 13.8. The summed E-state index contributed by atoms with van der Waals surface area (Å²) in [6.45, 7) is 1.12. The first kappa shape index (κ1) is 20.1. The highest BCUT2D eigenvalue weighted by Crippen LogP contribution is 2.35. The van der Waals surface area contributed by atoms with E-state index < -0.39 is 17.5 Å². The van der Waals surface area contributed by atoms with Gasteiger partial charge in [0.2, 0.25) is 0 Å². The average molecular weight is 409 g/mol. The van der Waals surface area contributed by atoms with E-state index in [0.29, 0.717) is 47.4 Å². The van der Waals surface area contributed by atoms with E-state index in [4.69, 9.17) is 22.1 Å². The first-order valence-electron chi connectivity index (χ1n) is 8.50. The lowest BCUT2D eigenvalue weighted by Crippen LogP contribution is -2.27. The number of anilines is 1. The number of ether oxygens (including phenoxy) is 1. The molecule has 0 aliphatic carbocycles. The summed E-state index contributed by atoms with van der Waals surface area (Å²) >= 11 is 6.33. The maximum Gasteiger partial charge on any atom is 0.255 e. The second kappa shape index (κ2) is 8.55. The number of nitrogens with zero attached hydrogens (tertiary/aromatic N) is 1.